The standard InChI is InChI=1S/C14H21BO3.C8H9BrO/c1-13(2)14(3,4)18-15(17-13)12-7-5-11(6-8-12)9-10-16;9-8-3-1-7(2-4-8)5-6-10/h5-8,16H,9-10H2,1-4H3;1-4,10H,5-6H2. The predicted octanol–water partition coefficient (Wildman–Crippen LogP) is 3.50. The summed E-state index contributed by atoms with van der Waals surface area (Å²) in [6.45, 7) is 8.60. The Morgan fingerprint density at radius 3 is 1.54 bits per heavy atom. The highest BCUT2D eigenvalue weighted by Crippen LogP contribution is 2.36. The fourth-order valence-electron chi connectivity index (χ4n) is 2.73. The SMILES string of the molecule is CC1(C)OB(c2ccc(CCO)cc2)OC1(C)C.OCCc1ccc(Br)cc1. The van der Waals surface area contributed by atoms with E-state index in [1.807, 2.05) is 76.2 Å². The Hall–Kier alpha value is -1.18. The fourth-order valence-corrected chi connectivity index (χ4v) is 2.99. The zero-order valence-corrected chi connectivity index (χ0v) is 18.7. The number of rotatable bonds is 5. The van der Waals surface area contributed by atoms with E-state index in [2.05, 4.69) is 15.9 Å². The van der Waals surface area contributed by atoms with E-state index < -0.39 is 0 Å². The Kier molecular flexibility index (Phi) is 8.28. The Morgan fingerprint density at radius 1 is 0.750 bits per heavy atom. The van der Waals surface area contributed by atoms with Crippen molar-refractivity contribution < 1.29 is 19.5 Å². The van der Waals surface area contributed by atoms with E-state index in [1.165, 1.54) is 5.56 Å². The lowest BCUT2D eigenvalue weighted by Gasteiger charge is -2.32. The lowest BCUT2D eigenvalue weighted by atomic mass is 9.79. The molecule has 0 amide bonds. The highest BCUT2D eigenvalue weighted by Gasteiger charge is 2.51. The molecule has 0 radical (unpaired) electrons. The fraction of sp³-hybridized carbons (Fsp3) is 0.455. The van der Waals surface area contributed by atoms with Gasteiger partial charge in [-0.2, -0.15) is 0 Å². The summed E-state index contributed by atoms with van der Waals surface area (Å²) in [7, 11) is -0.307. The third-order valence-corrected chi connectivity index (χ3v) is 5.75. The quantitative estimate of drug-likeness (QED) is 0.687. The predicted molar refractivity (Wildman–Crippen MR) is 118 cm³/mol. The first kappa shape index (κ1) is 23.1. The summed E-state index contributed by atoms with van der Waals surface area (Å²) in [5.41, 5.74) is 2.71. The van der Waals surface area contributed by atoms with Crippen molar-refractivity contribution in [2.45, 2.75) is 51.7 Å². The molecule has 0 aromatic heterocycles. The third-order valence-electron chi connectivity index (χ3n) is 5.22. The molecule has 4 nitrogen and oxygen atoms in total. The first-order chi connectivity index (χ1) is 13.2. The maximum Gasteiger partial charge on any atom is 0.494 e. The monoisotopic (exact) mass is 448 g/mol. The maximum atomic E-state index is 8.89. The molecule has 28 heavy (non-hydrogen) atoms. The Balaban J connectivity index is 0.000000237. The van der Waals surface area contributed by atoms with E-state index >= 15 is 0 Å². The first-order valence-electron chi connectivity index (χ1n) is 9.59. The molecule has 1 fully saturated rings. The molecule has 0 aliphatic carbocycles. The summed E-state index contributed by atoms with van der Waals surface area (Å²) < 4.78 is 13.0. The zero-order valence-electron chi connectivity index (χ0n) is 17.1. The number of hydrogen-bond acceptors (Lipinski definition) is 4. The van der Waals surface area contributed by atoms with Gasteiger partial charge in [-0.3, -0.25) is 0 Å². The zero-order chi connectivity index (χ0) is 20.8. The largest absolute Gasteiger partial charge is 0.494 e. The summed E-state index contributed by atoms with van der Waals surface area (Å²) >= 11 is 3.33. The average Bonchev–Trinajstić information content (AvgIpc) is 2.86. The van der Waals surface area contributed by atoms with Gasteiger partial charge in [0.15, 0.2) is 0 Å². The summed E-state index contributed by atoms with van der Waals surface area (Å²) in [4.78, 5) is 0. The molecule has 3 rings (SSSR count). The summed E-state index contributed by atoms with van der Waals surface area (Å²) in [5.74, 6) is 0. The van der Waals surface area contributed by atoms with Gasteiger partial charge >= 0.3 is 7.12 Å². The smallest absolute Gasteiger partial charge is 0.399 e. The molecule has 0 unspecified atom stereocenters. The molecule has 2 aromatic rings. The number of aliphatic hydroxyl groups excluding tert-OH is 2. The number of benzene rings is 2. The molecule has 1 aliphatic rings. The van der Waals surface area contributed by atoms with Crippen LogP contribution in [-0.4, -0.2) is 41.7 Å². The Morgan fingerprint density at radius 2 is 1.14 bits per heavy atom. The topological polar surface area (TPSA) is 58.9 Å². The molecule has 2 aromatic carbocycles. The average molecular weight is 449 g/mol. The molecule has 0 atom stereocenters. The van der Waals surface area contributed by atoms with Gasteiger partial charge in [0.1, 0.15) is 0 Å². The second-order valence-corrected chi connectivity index (χ2v) is 8.82. The second-order valence-electron chi connectivity index (χ2n) is 7.90. The van der Waals surface area contributed by atoms with Gasteiger partial charge < -0.3 is 19.5 Å². The second kappa shape index (κ2) is 10.0. The molecule has 0 saturated carbocycles. The van der Waals surface area contributed by atoms with Crippen LogP contribution < -0.4 is 5.46 Å². The molecular formula is C22H30BBrO4. The molecule has 0 bridgehead atoms. The first-order valence-corrected chi connectivity index (χ1v) is 10.4. The van der Waals surface area contributed by atoms with E-state index in [0.29, 0.717) is 6.42 Å². The van der Waals surface area contributed by atoms with Crippen LogP contribution in [0.15, 0.2) is 53.0 Å². The van der Waals surface area contributed by atoms with E-state index in [1.54, 1.807) is 0 Å². The van der Waals surface area contributed by atoms with Crippen LogP contribution in [0.4, 0.5) is 0 Å². The van der Waals surface area contributed by atoms with Crippen molar-refractivity contribution in [3.05, 3.63) is 64.1 Å². The van der Waals surface area contributed by atoms with Crippen LogP contribution in [0.1, 0.15) is 38.8 Å². The molecule has 1 saturated heterocycles. The minimum absolute atomic E-state index is 0.176. The lowest BCUT2D eigenvalue weighted by Crippen LogP contribution is -2.41. The minimum atomic E-state index is -0.307. The summed E-state index contributed by atoms with van der Waals surface area (Å²) in [6.07, 6.45) is 1.43. The van der Waals surface area contributed by atoms with Crippen LogP contribution in [0.5, 0.6) is 0 Å². The van der Waals surface area contributed by atoms with Gasteiger partial charge in [-0.15, -0.1) is 0 Å². The van der Waals surface area contributed by atoms with Crippen molar-refractivity contribution in [3.8, 4) is 0 Å². The van der Waals surface area contributed by atoms with Crippen LogP contribution >= 0.6 is 15.9 Å². The molecule has 2 N–H and O–H groups in total. The van der Waals surface area contributed by atoms with Crippen molar-refractivity contribution >= 4 is 28.5 Å². The van der Waals surface area contributed by atoms with Crippen LogP contribution in [0.3, 0.4) is 0 Å². The van der Waals surface area contributed by atoms with Crippen molar-refractivity contribution in [2.24, 2.45) is 0 Å². The highest BCUT2D eigenvalue weighted by molar-refractivity contribution is 9.10. The van der Waals surface area contributed by atoms with Gasteiger partial charge in [-0.25, -0.2) is 0 Å². The van der Waals surface area contributed by atoms with E-state index in [4.69, 9.17) is 19.5 Å². The summed E-state index contributed by atoms with van der Waals surface area (Å²) in [5, 5.41) is 17.5. The highest BCUT2D eigenvalue weighted by atomic mass is 79.9. The molecular weight excluding hydrogens is 419 g/mol. The molecule has 1 heterocycles. The van der Waals surface area contributed by atoms with Gasteiger partial charge in [0.25, 0.3) is 0 Å². The van der Waals surface area contributed by atoms with Crippen molar-refractivity contribution in [3.63, 3.8) is 0 Å². The van der Waals surface area contributed by atoms with Gasteiger partial charge in [-0.1, -0.05) is 52.3 Å². The summed E-state index contributed by atoms with van der Waals surface area (Å²) in [6, 6.07) is 16.0. The molecule has 0 spiro atoms. The lowest BCUT2D eigenvalue weighted by molar-refractivity contribution is 0.00578. The minimum Gasteiger partial charge on any atom is -0.399 e. The van der Waals surface area contributed by atoms with Gasteiger partial charge in [0.05, 0.1) is 11.2 Å². The Bertz CT molecular complexity index is 713. The maximum absolute atomic E-state index is 8.89. The van der Waals surface area contributed by atoms with Crippen molar-refractivity contribution in [1.29, 1.82) is 0 Å². The number of aliphatic hydroxyl groups is 2. The van der Waals surface area contributed by atoms with Crippen molar-refractivity contribution in [1.82, 2.24) is 0 Å². The van der Waals surface area contributed by atoms with Crippen LogP contribution in [0.25, 0.3) is 0 Å². The molecule has 1 aliphatic heterocycles. The van der Waals surface area contributed by atoms with Gasteiger partial charge in [0, 0.05) is 17.7 Å². The van der Waals surface area contributed by atoms with Crippen molar-refractivity contribution in [2.75, 3.05) is 13.2 Å². The van der Waals surface area contributed by atoms with E-state index in [-0.39, 0.29) is 31.5 Å². The van der Waals surface area contributed by atoms with E-state index in [0.717, 1.165) is 21.9 Å². The van der Waals surface area contributed by atoms with Crippen LogP contribution in [0.2, 0.25) is 0 Å². The Labute approximate surface area is 177 Å². The molecule has 152 valence electrons. The number of hydrogen-bond donors (Lipinski definition) is 2. The van der Waals surface area contributed by atoms with Gasteiger partial charge in [0.2, 0.25) is 0 Å². The van der Waals surface area contributed by atoms with Crippen LogP contribution in [-0.2, 0) is 22.2 Å². The van der Waals surface area contributed by atoms with Crippen LogP contribution in [0, 0.1) is 0 Å². The van der Waals surface area contributed by atoms with E-state index in [9.17, 15) is 0 Å². The van der Waals surface area contributed by atoms with Gasteiger partial charge in [-0.05, 0) is 69.3 Å². The normalized spacial score (nSPS) is 17.2. The number of halogens is 1. The third kappa shape index (κ3) is 6.16. The molecule has 6 heteroatoms.